The van der Waals surface area contributed by atoms with Gasteiger partial charge in [-0.1, -0.05) is 17.5 Å². The van der Waals surface area contributed by atoms with E-state index in [2.05, 4.69) is 5.92 Å². The molecule has 0 radical (unpaired) electrons. The Morgan fingerprint density at radius 1 is 1.59 bits per heavy atom. The Kier molecular flexibility index (Phi) is 3.98. The van der Waals surface area contributed by atoms with Gasteiger partial charge in [0.2, 0.25) is 10.0 Å². The molecule has 0 aromatic heterocycles. The van der Waals surface area contributed by atoms with Gasteiger partial charge in [-0.3, -0.25) is 0 Å². The molecule has 1 aromatic carbocycles. The van der Waals surface area contributed by atoms with E-state index in [-0.39, 0.29) is 22.2 Å². The highest BCUT2D eigenvalue weighted by Gasteiger charge is 2.24. The highest BCUT2D eigenvalue weighted by atomic mass is 35.5. The molecule has 0 fully saturated rings. The molecule has 0 unspecified atom stereocenters. The van der Waals surface area contributed by atoms with E-state index >= 15 is 0 Å². The molecular formula is C10H10ClFN2O2S. The summed E-state index contributed by atoms with van der Waals surface area (Å²) >= 11 is 5.68. The number of rotatable bonds is 3. The summed E-state index contributed by atoms with van der Waals surface area (Å²) in [5.41, 5.74) is 5.01. The Balaban J connectivity index is 3.35. The van der Waals surface area contributed by atoms with Crippen LogP contribution in [0, 0.1) is 18.2 Å². The van der Waals surface area contributed by atoms with Crippen LogP contribution in [0.2, 0.25) is 5.02 Å². The summed E-state index contributed by atoms with van der Waals surface area (Å²) < 4.78 is 37.9. The number of benzene rings is 1. The van der Waals surface area contributed by atoms with Gasteiger partial charge in [-0.15, -0.1) is 6.42 Å². The standard InChI is InChI=1S/C10H10ClFN2O2S/c1-3-4-14(2)17(15,16)10-6-9(13)8(12)5-7(10)11/h1,5-6H,4,13H2,2H3. The van der Waals surface area contributed by atoms with Gasteiger partial charge in [-0.2, -0.15) is 4.31 Å². The van der Waals surface area contributed by atoms with Crippen LogP contribution in [0.15, 0.2) is 17.0 Å². The van der Waals surface area contributed by atoms with E-state index in [0.29, 0.717) is 0 Å². The number of terminal acetylenes is 1. The SMILES string of the molecule is C#CCN(C)S(=O)(=O)c1cc(N)c(F)cc1Cl. The highest BCUT2D eigenvalue weighted by Crippen LogP contribution is 2.28. The second kappa shape index (κ2) is 4.92. The zero-order valence-corrected chi connectivity index (χ0v) is 10.5. The van der Waals surface area contributed by atoms with Gasteiger partial charge in [-0.05, 0) is 12.1 Å². The van der Waals surface area contributed by atoms with Crippen molar-refractivity contribution in [2.24, 2.45) is 0 Å². The molecule has 0 bridgehead atoms. The minimum Gasteiger partial charge on any atom is -0.396 e. The number of nitrogens with two attached hydrogens (primary N) is 1. The summed E-state index contributed by atoms with van der Waals surface area (Å²) in [7, 11) is -2.56. The molecular weight excluding hydrogens is 267 g/mol. The molecule has 2 N–H and O–H groups in total. The zero-order chi connectivity index (χ0) is 13.2. The Hall–Kier alpha value is -1.29. The normalized spacial score (nSPS) is 11.5. The fourth-order valence-corrected chi connectivity index (χ4v) is 2.73. The first-order valence-corrected chi connectivity index (χ1v) is 6.27. The summed E-state index contributed by atoms with van der Waals surface area (Å²) in [4.78, 5) is -0.268. The van der Waals surface area contributed by atoms with Crippen LogP contribution in [0.4, 0.5) is 10.1 Å². The summed E-state index contributed by atoms with van der Waals surface area (Å²) in [6, 6.07) is 1.83. The number of hydrogen-bond acceptors (Lipinski definition) is 3. The summed E-state index contributed by atoms with van der Waals surface area (Å²) in [6.45, 7) is -0.115. The molecule has 0 aliphatic rings. The van der Waals surface area contributed by atoms with Gasteiger partial charge < -0.3 is 5.73 Å². The van der Waals surface area contributed by atoms with Gasteiger partial charge in [-0.25, -0.2) is 12.8 Å². The van der Waals surface area contributed by atoms with Gasteiger partial charge in [0.15, 0.2) is 0 Å². The third-order valence-electron chi connectivity index (χ3n) is 2.05. The molecule has 92 valence electrons. The molecule has 7 heteroatoms. The molecule has 1 rings (SSSR count). The monoisotopic (exact) mass is 276 g/mol. The number of nitrogens with zero attached hydrogens (tertiary/aromatic N) is 1. The molecule has 0 saturated heterocycles. The van der Waals surface area contributed by atoms with Crippen LogP contribution in [0.1, 0.15) is 0 Å². The van der Waals surface area contributed by atoms with Crippen molar-refractivity contribution in [3.8, 4) is 12.3 Å². The van der Waals surface area contributed by atoms with Crippen molar-refractivity contribution in [3.63, 3.8) is 0 Å². The van der Waals surface area contributed by atoms with Gasteiger partial charge in [0.25, 0.3) is 0 Å². The first-order chi connectivity index (χ1) is 7.80. The third-order valence-corrected chi connectivity index (χ3v) is 4.32. The third kappa shape index (κ3) is 2.69. The lowest BCUT2D eigenvalue weighted by molar-refractivity contribution is 0.503. The van der Waals surface area contributed by atoms with Crippen molar-refractivity contribution in [3.05, 3.63) is 23.0 Å². The maximum atomic E-state index is 13.0. The Morgan fingerprint density at radius 2 is 2.18 bits per heavy atom. The predicted molar refractivity (Wildman–Crippen MR) is 64.5 cm³/mol. The van der Waals surface area contributed by atoms with Gasteiger partial charge >= 0.3 is 0 Å². The van der Waals surface area contributed by atoms with Crippen LogP contribution in [-0.2, 0) is 10.0 Å². The average Bonchev–Trinajstić information content (AvgIpc) is 2.23. The first-order valence-electron chi connectivity index (χ1n) is 4.45. The van der Waals surface area contributed by atoms with Crippen LogP contribution < -0.4 is 5.73 Å². The van der Waals surface area contributed by atoms with Crippen LogP contribution in [0.5, 0.6) is 0 Å². The van der Waals surface area contributed by atoms with Crippen molar-refractivity contribution in [2.75, 3.05) is 19.3 Å². The zero-order valence-electron chi connectivity index (χ0n) is 8.94. The molecule has 4 nitrogen and oxygen atoms in total. The Bertz CT molecular complexity index is 581. The van der Waals surface area contributed by atoms with Crippen LogP contribution in [0.25, 0.3) is 0 Å². The molecule has 17 heavy (non-hydrogen) atoms. The van der Waals surface area contributed by atoms with E-state index in [0.717, 1.165) is 16.4 Å². The highest BCUT2D eigenvalue weighted by molar-refractivity contribution is 7.89. The molecule has 1 aromatic rings. The topological polar surface area (TPSA) is 63.4 Å². The van der Waals surface area contributed by atoms with Crippen LogP contribution in [-0.4, -0.2) is 26.3 Å². The fourth-order valence-electron chi connectivity index (χ4n) is 1.12. The maximum absolute atomic E-state index is 13.0. The van der Waals surface area contributed by atoms with E-state index in [4.69, 9.17) is 23.8 Å². The van der Waals surface area contributed by atoms with Crippen LogP contribution >= 0.6 is 11.6 Å². The van der Waals surface area contributed by atoms with Gasteiger partial charge in [0.05, 0.1) is 17.3 Å². The lowest BCUT2D eigenvalue weighted by atomic mass is 10.3. The van der Waals surface area contributed by atoms with Crippen molar-refractivity contribution in [2.45, 2.75) is 4.90 Å². The fraction of sp³-hybridized carbons (Fsp3) is 0.200. The molecule has 0 aliphatic carbocycles. The Morgan fingerprint density at radius 3 is 2.71 bits per heavy atom. The molecule has 0 atom stereocenters. The maximum Gasteiger partial charge on any atom is 0.245 e. The predicted octanol–water partition coefficient (Wildman–Crippen LogP) is 1.32. The van der Waals surface area contributed by atoms with E-state index in [1.165, 1.54) is 7.05 Å². The van der Waals surface area contributed by atoms with E-state index in [1.807, 2.05) is 0 Å². The van der Waals surface area contributed by atoms with Gasteiger partial charge in [0, 0.05) is 7.05 Å². The molecule has 0 saturated carbocycles. The first kappa shape index (κ1) is 13.8. The minimum atomic E-state index is -3.86. The average molecular weight is 277 g/mol. The van der Waals surface area contributed by atoms with Crippen molar-refractivity contribution in [1.82, 2.24) is 4.31 Å². The molecule has 0 heterocycles. The quantitative estimate of drug-likeness (QED) is 0.669. The molecule has 0 amide bonds. The van der Waals surface area contributed by atoms with Crippen molar-refractivity contribution >= 4 is 27.3 Å². The largest absolute Gasteiger partial charge is 0.396 e. The van der Waals surface area contributed by atoms with Crippen LogP contribution in [0.3, 0.4) is 0 Å². The van der Waals surface area contributed by atoms with Gasteiger partial charge in [0.1, 0.15) is 10.7 Å². The second-order valence-electron chi connectivity index (χ2n) is 3.27. The number of hydrogen-bond donors (Lipinski definition) is 1. The number of nitrogen functional groups attached to an aromatic ring is 1. The summed E-state index contributed by atoms with van der Waals surface area (Å²) in [6.07, 6.45) is 5.02. The second-order valence-corrected chi connectivity index (χ2v) is 5.69. The molecule has 0 spiro atoms. The minimum absolute atomic E-state index is 0.115. The van der Waals surface area contributed by atoms with E-state index < -0.39 is 15.8 Å². The summed E-state index contributed by atoms with van der Waals surface area (Å²) in [5.74, 6) is 1.42. The number of halogens is 2. The Labute approximate surface area is 104 Å². The molecule has 0 aliphatic heterocycles. The van der Waals surface area contributed by atoms with E-state index in [9.17, 15) is 12.8 Å². The van der Waals surface area contributed by atoms with Crippen molar-refractivity contribution in [1.29, 1.82) is 0 Å². The number of anilines is 1. The van der Waals surface area contributed by atoms with Crippen molar-refractivity contribution < 1.29 is 12.8 Å². The van der Waals surface area contributed by atoms with E-state index in [1.54, 1.807) is 0 Å². The lowest BCUT2D eigenvalue weighted by Gasteiger charge is -2.15. The lowest BCUT2D eigenvalue weighted by Crippen LogP contribution is -2.27. The summed E-state index contributed by atoms with van der Waals surface area (Å²) in [5, 5.41) is -0.236. The smallest absolute Gasteiger partial charge is 0.245 e. The number of sulfonamides is 1.